The minimum atomic E-state index is -1.48. The van der Waals surface area contributed by atoms with Crippen LogP contribution in [0.5, 0.6) is 0 Å². The van der Waals surface area contributed by atoms with Crippen molar-refractivity contribution >= 4 is 29.1 Å². The van der Waals surface area contributed by atoms with Crippen LogP contribution in [0.2, 0.25) is 10.0 Å². The highest BCUT2D eigenvalue weighted by molar-refractivity contribution is 6.30. The van der Waals surface area contributed by atoms with Crippen LogP contribution in [0.4, 0.5) is 0 Å². The summed E-state index contributed by atoms with van der Waals surface area (Å²) < 4.78 is 6.31. The third-order valence-corrected chi connectivity index (χ3v) is 6.21. The number of carbonyl (C=O) groups is 1. The van der Waals surface area contributed by atoms with Gasteiger partial charge in [0, 0.05) is 23.0 Å². The van der Waals surface area contributed by atoms with Gasteiger partial charge in [-0.05, 0) is 60.6 Å². The fraction of sp³-hybridized carbons (Fsp3) is 0.435. The molecule has 0 radical (unpaired) electrons. The van der Waals surface area contributed by atoms with E-state index in [4.69, 9.17) is 27.9 Å². The first-order chi connectivity index (χ1) is 14.4. The lowest BCUT2D eigenvalue weighted by Gasteiger charge is -2.45. The molecule has 0 bridgehead atoms. The van der Waals surface area contributed by atoms with Gasteiger partial charge in [-0.15, -0.1) is 0 Å². The van der Waals surface area contributed by atoms with Crippen molar-refractivity contribution in [2.24, 2.45) is 5.92 Å². The van der Waals surface area contributed by atoms with Gasteiger partial charge >= 0.3 is 0 Å². The van der Waals surface area contributed by atoms with Gasteiger partial charge < -0.3 is 19.8 Å². The standard InChI is InChI=1S/C23H25Cl2NO4/c24-17-8-6-15(7-9-17)21-22(16-2-1-3-18(25)12-16)30-19(10-11-20(27)28)23(29)26(21)13-14-4-5-14/h1-3,6-9,12,14,19-22,27-28H,4-5,10-11,13H2/t19-,21+,22-/m0/s1. The van der Waals surface area contributed by atoms with Crippen LogP contribution in [-0.4, -0.2) is 40.0 Å². The third-order valence-electron chi connectivity index (χ3n) is 5.72. The Hall–Kier alpha value is -1.63. The molecule has 2 aromatic rings. The van der Waals surface area contributed by atoms with Gasteiger partial charge in [0.1, 0.15) is 12.2 Å². The normalized spacial score (nSPS) is 24.5. The van der Waals surface area contributed by atoms with E-state index >= 15 is 0 Å². The van der Waals surface area contributed by atoms with Gasteiger partial charge in [0.05, 0.1) is 6.04 Å². The Bertz CT molecular complexity index is 885. The molecule has 2 aliphatic rings. The summed E-state index contributed by atoms with van der Waals surface area (Å²) in [6.07, 6.45) is -0.111. The van der Waals surface area contributed by atoms with Crippen LogP contribution in [-0.2, 0) is 9.53 Å². The smallest absolute Gasteiger partial charge is 0.252 e. The summed E-state index contributed by atoms with van der Waals surface area (Å²) in [5, 5.41) is 19.8. The molecule has 2 fully saturated rings. The highest BCUT2D eigenvalue weighted by Gasteiger charge is 2.45. The van der Waals surface area contributed by atoms with Crippen molar-refractivity contribution in [3.63, 3.8) is 0 Å². The van der Waals surface area contributed by atoms with Gasteiger partial charge in [0.2, 0.25) is 0 Å². The van der Waals surface area contributed by atoms with E-state index < -0.39 is 18.5 Å². The van der Waals surface area contributed by atoms with Crippen LogP contribution >= 0.6 is 23.2 Å². The van der Waals surface area contributed by atoms with E-state index in [0.717, 1.165) is 24.0 Å². The first-order valence-corrected chi connectivity index (χ1v) is 11.0. The van der Waals surface area contributed by atoms with Crippen LogP contribution in [0.1, 0.15) is 49.0 Å². The number of benzene rings is 2. The Balaban J connectivity index is 1.74. The summed E-state index contributed by atoms with van der Waals surface area (Å²) >= 11 is 12.4. The molecule has 5 nitrogen and oxygen atoms in total. The van der Waals surface area contributed by atoms with E-state index in [0.29, 0.717) is 22.5 Å². The molecule has 3 atom stereocenters. The lowest BCUT2D eigenvalue weighted by molar-refractivity contribution is -0.177. The number of nitrogens with zero attached hydrogens (tertiary/aromatic N) is 1. The van der Waals surface area contributed by atoms with Crippen LogP contribution in [0, 0.1) is 5.92 Å². The molecular formula is C23H25Cl2NO4. The number of halogens is 2. The van der Waals surface area contributed by atoms with Crippen molar-refractivity contribution in [1.29, 1.82) is 0 Å². The molecule has 1 saturated heterocycles. The quantitative estimate of drug-likeness (QED) is 0.610. The maximum absolute atomic E-state index is 13.4. The number of aliphatic hydroxyl groups excluding tert-OH is 1. The summed E-state index contributed by atoms with van der Waals surface area (Å²) in [6.45, 7) is 0.657. The maximum Gasteiger partial charge on any atom is 0.252 e. The number of ether oxygens (including phenoxy) is 1. The number of hydrogen-bond acceptors (Lipinski definition) is 4. The van der Waals surface area contributed by atoms with Crippen molar-refractivity contribution in [3.8, 4) is 0 Å². The monoisotopic (exact) mass is 449 g/mol. The number of amides is 1. The molecule has 1 saturated carbocycles. The van der Waals surface area contributed by atoms with Gasteiger partial charge in [-0.3, -0.25) is 4.79 Å². The van der Waals surface area contributed by atoms with Crippen molar-refractivity contribution in [3.05, 3.63) is 69.7 Å². The van der Waals surface area contributed by atoms with Gasteiger partial charge in [-0.25, -0.2) is 0 Å². The fourth-order valence-electron chi connectivity index (χ4n) is 4.03. The lowest BCUT2D eigenvalue weighted by Crippen LogP contribution is -2.51. The average Bonchev–Trinajstić information content (AvgIpc) is 3.53. The van der Waals surface area contributed by atoms with E-state index in [1.807, 2.05) is 47.4 Å². The zero-order valence-corrected chi connectivity index (χ0v) is 18.0. The molecule has 4 rings (SSSR count). The lowest BCUT2D eigenvalue weighted by atomic mass is 9.90. The summed E-state index contributed by atoms with van der Waals surface area (Å²) in [5.74, 6) is 0.381. The van der Waals surface area contributed by atoms with E-state index in [-0.39, 0.29) is 24.8 Å². The van der Waals surface area contributed by atoms with E-state index in [1.54, 1.807) is 6.07 Å². The van der Waals surface area contributed by atoms with Crippen LogP contribution in [0.25, 0.3) is 0 Å². The summed E-state index contributed by atoms with van der Waals surface area (Å²) in [6, 6.07) is 14.7. The Morgan fingerprint density at radius 3 is 2.40 bits per heavy atom. The molecule has 0 aromatic heterocycles. The van der Waals surface area contributed by atoms with E-state index in [2.05, 4.69) is 0 Å². The summed E-state index contributed by atoms with van der Waals surface area (Å²) in [4.78, 5) is 15.3. The van der Waals surface area contributed by atoms with Gasteiger partial charge in [0.25, 0.3) is 5.91 Å². The average molecular weight is 450 g/mol. The van der Waals surface area contributed by atoms with Gasteiger partial charge in [-0.1, -0.05) is 47.5 Å². The van der Waals surface area contributed by atoms with Crippen molar-refractivity contribution in [2.45, 2.75) is 50.2 Å². The van der Waals surface area contributed by atoms with Crippen LogP contribution in [0.3, 0.4) is 0 Å². The van der Waals surface area contributed by atoms with Crippen molar-refractivity contribution in [2.75, 3.05) is 6.54 Å². The fourth-order valence-corrected chi connectivity index (χ4v) is 4.35. The second kappa shape index (κ2) is 9.25. The Labute approximate surface area is 186 Å². The van der Waals surface area contributed by atoms with Crippen LogP contribution < -0.4 is 0 Å². The maximum atomic E-state index is 13.4. The summed E-state index contributed by atoms with van der Waals surface area (Å²) in [7, 11) is 0. The molecule has 1 amide bonds. The molecule has 160 valence electrons. The highest BCUT2D eigenvalue weighted by Crippen LogP contribution is 2.45. The zero-order chi connectivity index (χ0) is 21.3. The molecule has 1 aliphatic carbocycles. The largest absolute Gasteiger partial charge is 0.368 e. The Morgan fingerprint density at radius 2 is 1.77 bits per heavy atom. The SMILES string of the molecule is O=C1[C@H](CCC(O)O)O[C@@H](c2cccc(Cl)c2)[C@@H](c2ccc(Cl)cc2)N1CC1CC1. The molecule has 2 N–H and O–H groups in total. The minimum absolute atomic E-state index is 0.0710. The molecule has 30 heavy (non-hydrogen) atoms. The predicted molar refractivity (Wildman–Crippen MR) is 115 cm³/mol. The van der Waals surface area contributed by atoms with E-state index in [9.17, 15) is 15.0 Å². The molecule has 0 unspecified atom stereocenters. The first-order valence-electron chi connectivity index (χ1n) is 10.3. The predicted octanol–water partition coefficient (Wildman–Crippen LogP) is 4.50. The molecule has 2 aromatic carbocycles. The number of morpholine rings is 1. The summed E-state index contributed by atoms with van der Waals surface area (Å²) in [5.41, 5.74) is 1.82. The zero-order valence-electron chi connectivity index (χ0n) is 16.5. The first kappa shape index (κ1) is 21.6. The second-order valence-electron chi connectivity index (χ2n) is 8.09. The molecular weight excluding hydrogens is 425 g/mol. The number of aliphatic hydroxyl groups is 2. The molecule has 1 heterocycles. The Kier molecular flexibility index (Phi) is 6.66. The molecule has 7 heteroatoms. The van der Waals surface area contributed by atoms with Crippen LogP contribution in [0.15, 0.2) is 48.5 Å². The molecule has 0 spiro atoms. The number of hydrogen-bond donors (Lipinski definition) is 2. The van der Waals surface area contributed by atoms with Gasteiger partial charge in [0.15, 0.2) is 6.29 Å². The Morgan fingerprint density at radius 1 is 1.03 bits per heavy atom. The second-order valence-corrected chi connectivity index (χ2v) is 8.96. The minimum Gasteiger partial charge on any atom is -0.368 e. The van der Waals surface area contributed by atoms with Crippen molar-refractivity contribution < 1.29 is 19.7 Å². The highest BCUT2D eigenvalue weighted by atomic mass is 35.5. The van der Waals surface area contributed by atoms with E-state index in [1.165, 1.54) is 0 Å². The third kappa shape index (κ3) is 4.98. The molecule has 1 aliphatic heterocycles. The van der Waals surface area contributed by atoms with Gasteiger partial charge in [-0.2, -0.15) is 0 Å². The number of rotatable bonds is 7. The van der Waals surface area contributed by atoms with Crippen molar-refractivity contribution in [1.82, 2.24) is 4.90 Å². The topological polar surface area (TPSA) is 70.0 Å². The number of carbonyl (C=O) groups excluding carboxylic acids is 1.